The zero-order valence-corrected chi connectivity index (χ0v) is 14.4. The number of benzene rings is 2. The maximum absolute atomic E-state index is 11.3. The number of methoxy groups -OCH3 is 1. The zero-order chi connectivity index (χ0) is 17.4. The van der Waals surface area contributed by atoms with Crippen LogP contribution >= 0.6 is 0 Å². The number of carbonyl (C=O) groups excluding carboxylic acids is 1. The summed E-state index contributed by atoms with van der Waals surface area (Å²) in [6.07, 6.45) is 2.17. The Kier molecular flexibility index (Phi) is 6.58. The Labute approximate surface area is 143 Å². The molecule has 0 aliphatic heterocycles. The molecule has 0 aromatic heterocycles. The van der Waals surface area contributed by atoms with Crippen molar-refractivity contribution < 1.29 is 9.53 Å². The largest absolute Gasteiger partial charge is 0.495 e. The van der Waals surface area contributed by atoms with Gasteiger partial charge in [-0.3, -0.25) is 4.79 Å². The molecule has 0 saturated heterocycles. The van der Waals surface area contributed by atoms with Crippen molar-refractivity contribution in [1.82, 2.24) is 5.32 Å². The van der Waals surface area contributed by atoms with E-state index in [1.165, 1.54) is 18.1 Å². The van der Waals surface area contributed by atoms with Crippen LogP contribution in [-0.2, 0) is 11.3 Å². The predicted octanol–water partition coefficient (Wildman–Crippen LogP) is 3.85. The first-order chi connectivity index (χ1) is 11.6. The van der Waals surface area contributed by atoms with E-state index in [-0.39, 0.29) is 5.91 Å². The maximum Gasteiger partial charge on any atom is 0.221 e. The number of nitrogens with one attached hydrogen (secondary N) is 2. The summed E-state index contributed by atoms with van der Waals surface area (Å²) in [5.74, 6) is 0.550. The van der Waals surface area contributed by atoms with Crippen molar-refractivity contribution in [3.8, 4) is 5.75 Å². The van der Waals surface area contributed by atoms with E-state index < -0.39 is 0 Å². The van der Waals surface area contributed by atoms with Gasteiger partial charge in [-0.1, -0.05) is 48.0 Å². The molecule has 24 heavy (non-hydrogen) atoms. The molecule has 0 spiro atoms. The van der Waals surface area contributed by atoms with Crippen LogP contribution in [0.1, 0.15) is 25.0 Å². The van der Waals surface area contributed by atoms with Gasteiger partial charge < -0.3 is 15.4 Å². The van der Waals surface area contributed by atoms with Crippen LogP contribution in [0.2, 0.25) is 0 Å². The molecule has 0 aliphatic rings. The average Bonchev–Trinajstić information content (AvgIpc) is 2.55. The number of amides is 1. The van der Waals surface area contributed by atoms with E-state index in [4.69, 9.17) is 4.74 Å². The monoisotopic (exact) mass is 324 g/mol. The summed E-state index contributed by atoms with van der Waals surface area (Å²) in [6, 6.07) is 16.1. The van der Waals surface area contributed by atoms with Gasteiger partial charge >= 0.3 is 0 Å². The van der Waals surface area contributed by atoms with Gasteiger partial charge in [0.15, 0.2) is 0 Å². The number of anilines is 1. The molecule has 2 rings (SSSR count). The lowest BCUT2D eigenvalue weighted by molar-refractivity contribution is -0.114. The molecule has 0 atom stereocenters. The van der Waals surface area contributed by atoms with Gasteiger partial charge in [0.05, 0.1) is 12.8 Å². The second-order valence-corrected chi connectivity index (χ2v) is 5.72. The van der Waals surface area contributed by atoms with Crippen LogP contribution in [0.3, 0.4) is 0 Å². The van der Waals surface area contributed by atoms with Crippen molar-refractivity contribution >= 4 is 17.7 Å². The van der Waals surface area contributed by atoms with Crippen molar-refractivity contribution in [2.75, 3.05) is 19.0 Å². The average molecular weight is 324 g/mol. The number of rotatable bonds is 7. The molecule has 4 nitrogen and oxygen atoms in total. The van der Waals surface area contributed by atoms with E-state index in [2.05, 4.69) is 35.8 Å². The highest BCUT2D eigenvalue weighted by Gasteiger charge is 2.06. The van der Waals surface area contributed by atoms with Crippen LogP contribution in [0.25, 0.3) is 6.08 Å². The number of hydrogen-bond donors (Lipinski definition) is 2. The molecule has 2 aromatic carbocycles. The van der Waals surface area contributed by atoms with Crippen molar-refractivity contribution in [2.45, 2.75) is 20.4 Å². The van der Waals surface area contributed by atoms with Crippen molar-refractivity contribution in [3.05, 3.63) is 65.2 Å². The van der Waals surface area contributed by atoms with Crippen LogP contribution in [0.4, 0.5) is 5.69 Å². The fourth-order valence-electron chi connectivity index (χ4n) is 2.44. The zero-order valence-electron chi connectivity index (χ0n) is 14.4. The number of carbonyl (C=O) groups is 1. The number of ether oxygens (including phenoxy) is 1. The quantitative estimate of drug-likeness (QED) is 0.813. The Morgan fingerprint density at radius 1 is 1.12 bits per heavy atom. The molecule has 0 fully saturated rings. The van der Waals surface area contributed by atoms with Crippen molar-refractivity contribution in [3.63, 3.8) is 0 Å². The molecule has 0 aliphatic carbocycles. The maximum atomic E-state index is 11.3. The summed E-state index contributed by atoms with van der Waals surface area (Å²) >= 11 is 0. The summed E-state index contributed by atoms with van der Waals surface area (Å²) < 4.78 is 5.27. The minimum Gasteiger partial charge on any atom is -0.495 e. The summed E-state index contributed by atoms with van der Waals surface area (Å²) in [7, 11) is 1.59. The molecule has 2 aromatic rings. The van der Waals surface area contributed by atoms with E-state index in [0.29, 0.717) is 11.4 Å². The lowest BCUT2D eigenvalue weighted by Gasteiger charge is -2.12. The van der Waals surface area contributed by atoms with Gasteiger partial charge in [0.2, 0.25) is 5.91 Å². The first-order valence-electron chi connectivity index (χ1n) is 7.96. The SMILES string of the molecule is COc1ccc(CNCC(C)=Cc2ccccc2)cc1NC(C)=O. The molecule has 0 unspecified atom stereocenters. The van der Waals surface area contributed by atoms with Crippen LogP contribution in [-0.4, -0.2) is 19.6 Å². The second kappa shape index (κ2) is 8.89. The van der Waals surface area contributed by atoms with Gasteiger partial charge in [0.1, 0.15) is 5.75 Å². The van der Waals surface area contributed by atoms with Gasteiger partial charge in [-0.15, -0.1) is 0 Å². The van der Waals surface area contributed by atoms with E-state index in [1.54, 1.807) is 7.11 Å². The topological polar surface area (TPSA) is 50.4 Å². The summed E-state index contributed by atoms with van der Waals surface area (Å²) in [4.78, 5) is 11.3. The van der Waals surface area contributed by atoms with Crippen LogP contribution in [0.15, 0.2) is 54.1 Å². The first-order valence-corrected chi connectivity index (χ1v) is 7.96. The third kappa shape index (κ3) is 5.56. The molecular weight excluding hydrogens is 300 g/mol. The predicted molar refractivity (Wildman–Crippen MR) is 99.1 cm³/mol. The van der Waals surface area contributed by atoms with Crippen LogP contribution < -0.4 is 15.4 Å². The van der Waals surface area contributed by atoms with Gasteiger partial charge in [0, 0.05) is 20.0 Å². The molecule has 0 bridgehead atoms. The second-order valence-electron chi connectivity index (χ2n) is 5.72. The Morgan fingerprint density at radius 2 is 1.88 bits per heavy atom. The van der Waals surface area contributed by atoms with E-state index in [9.17, 15) is 4.79 Å². The molecule has 0 heterocycles. The van der Waals surface area contributed by atoms with E-state index in [0.717, 1.165) is 18.7 Å². The fourth-order valence-corrected chi connectivity index (χ4v) is 2.44. The molecular formula is C20H24N2O2. The highest BCUT2D eigenvalue weighted by atomic mass is 16.5. The highest BCUT2D eigenvalue weighted by molar-refractivity contribution is 5.90. The molecule has 1 amide bonds. The summed E-state index contributed by atoms with van der Waals surface area (Å²) in [6.45, 7) is 5.12. The minimum absolute atomic E-state index is 0.111. The minimum atomic E-state index is -0.111. The molecule has 2 N–H and O–H groups in total. The van der Waals surface area contributed by atoms with E-state index in [1.807, 2.05) is 36.4 Å². The van der Waals surface area contributed by atoms with Crippen LogP contribution in [0, 0.1) is 0 Å². The van der Waals surface area contributed by atoms with Crippen molar-refractivity contribution in [2.24, 2.45) is 0 Å². The smallest absolute Gasteiger partial charge is 0.221 e. The third-order valence-electron chi connectivity index (χ3n) is 3.52. The Balaban J connectivity index is 1.94. The summed E-state index contributed by atoms with van der Waals surface area (Å²) in [5, 5.41) is 6.21. The fraction of sp³-hybridized carbons (Fsp3) is 0.250. The lowest BCUT2D eigenvalue weighted by Crippen LogP contribution is -2.16. The van der Waals surface area contributed by atoms with Gasteiger partial charge in [0.25, 0.3) is 0 Å². The van der Waals surface area contributed by atoms with Gasteiger partial charge in [-0.05, 0) is 30.2 Å². The third-order valence-corrected chi connectivity index (χ3v) is 3.52. The molecule has 0 saturated carbocycles. The Morgan fingerprint density at radius 3 is 2.54 bits per heavy atom. The molecule has 0 radical (unpaired) electrons. The molecule has 126 valence electrons. The lowest BCUT2D eigenvalue weighted by atomic mass is 10.1. The highest BCUT2D eigenvalue weighted by Crippen LogP contribution is 2.25. The Hall–Kier alpha value is -2.59. The first kappa shape index (κ1) is 17.8. The van der Waals surface area contributed by atoms with Crippen molar-refractivity contribution in [1.29, 1.82) is 0 Å². The normalized spacial score (nSPS) is 11.2. The van der Waals surface area contributed by atoms with Crippen LogP contribution in [0.5, 0.6) is 5.75 Å². The molecule has 4 heteroatoms. The van der Waals surface area contributed by atoms with Gasteiger partial charge in [-0.25, -0.2) is 0 Å². The standard InChI is InChI=1S/C20H24N2O2/c1-15(11-17-7-5-4-6-8-17)13-21-14-18-9-10-20(24-3)19(12-18)22-16(2)23/h4-12,21H,13-14H2,1-3H3,(H,22,23). The van der Waals surface area contributed by atoms with E-state index >= 15 is 0 Å². The Bertz CT molecular complexity index is 709. The number of hydrogen-bond acceptors (Lipinski definition) is 3. The van der Waals surface area contributed by atoms with Gasteiger partial charge in [-0.2, -0.15) is 0 Å². The summed E-state index contributed by atoms with van der Waals surface area (Å²) in [5.41, 5.74) is 4.25.